The van der Waals surface area contributed by atoms with Gasteiger partial charge in [-0.05, 0) is 32.9 Å². The van der Waals surface area contributed by atoms with Crippen molar-refractivity contribution in [3.05, 3.63) is 30.2 Å². The Balaban J connectivity index is 3.11. The molecular formula is C13H16F3N5O2. The van der Waals surface area contributed by atoms with E-state index >= 15 is 0 Å². The number of carbonyl (C=O) groups is 1. The lowest BCUT2D eigenvalue weighted by Gasteiger charge is -2.21. The molecular weight excluding hydrogens is 315 g/mol. The number of hydrogen-bond acceptors (Lipinski definition) is 6. The van der Waals surface area contributed by atoms with Gasteiger partial charge in [-0.2, -0.15) is 18.3 Å². The predicted molar refractivity (Wildman–Crippen MR) is 76.8 cm³/mol. The van der Waals surface area contributed by atoms with Crippen LogP contribution >= 0.6 is 0 Å². The van der Waals surface area contributed by atoms with Crippen molar-refractivity contribution in [2.75, 3.05) is 0 Å². The summed E-state index contributed by atoms with van der Waals surface area (Å²) < 4.78 is 44.4. The number of ether oxygens (including phenoxy) is 1. The summed E-state index contributed by atoms with van der Waals surface area (Å²) in [5.41, 5.74) is 2.13. The maximum absolute atomic E-state index is 13.2. The van der Waals surface area contributed by atoms with Crippen LogP contribution in [0.15, 0.2) is 35.2 Å². The minimum Gasteiger partial charge on any atom is -0.444 e. The molecule has 0 aliphatic rings. The Hall–Kier alpha value is -2.65. The summed E-state index contributed by atoms with van der Waals surface area (Å²) in [6.45, 7) is 4.70. The Bertz CT molecular complexity index is 606. The summed E-state index contributed by atoms with van der Waals surface area (Å²) in [7, 11) is 0. The second-order valence-electron chi connectivity index (χ2n) is 5.25. The third-order valence-electron chi connectivity index (χ3n) is 2.11. The van der Waals surface area contributed by atoms with Gasteiger partial charge in [-0.15, -0.1) is 5.10 Å². The van der Waals surface area contributed by atoms with Crippen molar-refractivity contribution in [3.63, 3.8) is 0 Å². The van der Waals surface area contributed by atoms with Crippen LogP contribution in [-0.4, -0.2) is 33.8 Å². The summed E-state index contributed by atoms with van der Waals surface area (Å²) in [4.78, 5) is 15.0. The van der Waals surface area contributed by atoms with Crippen LogP contribution in [0.1, 0.15) is 20.8 Å². The van der Waals surface area contributed by atoms with Crippen molar-refractivity contribution in [1.29, 1.82) is 0 Å². The molecule has 1 rings (SSSR count). The van der Waals surface area contributed by atoms with E-state index in [0.29, 0.717) is 6.20 Å². The quantitative estimate of drug-likeness (QED) is 0.828. The number of allylic oxidation sites excluding steroid dienone is 1. The molecule has 10 heteroatoms. The largest absolute Gasteiger partial charge is 0.444 e. The highest BCUT2D eigenvalue weighted by Gasteiger charge is 2.39. The SMILES string of the molecule is CC(C)(C)OC(=O)NC(=CN)C(=Nc1cccnn1)C(F)(F)F. The number of rotatable bonds is 3. The van der Waals surface area contributed by atoms with E-state index in [1.807, 2.05) is 5.32 Å². The first-order chi connectivity index (χ1) is 10.5. The molecule has 3 N–H and O–H groups in total. The fourth-order valence-corrected chi connectivity index (χ4v) is 1.34. The Kier molecular flexibility index (Phi) is 5.66. The predicted octanol–water partition coefficient (Wildman–Crippen LogP) is 2.44. The number of halogens is 3. The summed E-state index contributed by atoms with van der Waals surface area (Å²) in [5.74, 6) is -0.287. The molecule has 0 aliphatic carbocycles. The molecule has 0 radical (unpaired) electrons. The molecule has 1 aromatic heterocycles. The molecule has 0 unspecified atom stereocenters. The number of carbonyl (C=O) groups excluding carboxylic acids is 1. The first-order valence-electron chi connectivity index (χ1n) is 6.39. The zero-order valence-corrected chi connectivity index (χ0v) is 12.7. The van der Waals surface area contributed by atoms with Crippen molar-refractivity contribution in [1.82, 2.24) is 15.5 Å². The van der Waals surface area contributed by atoms with Gasteiger partial charge in [0, 0.05) is 12.4 Å². The molecule has 0 saturated heterocycles. The van der Waals surface area contributed by atoms with Gasteiger partial charge in [-0.3, -0.25) is 5.32 Å². The number of amides is 1. The van der Waals surface area contributed by atoms with Crippen molar-refractivity contribution in [2.45, 2.75) is 32.5 Å². The Morgan fingerprint density at radius 3 is 2.48 bits per heavy atom. The number of aromatic nitrogens is 2. The smallest absolute Gasteiger partial charge is 0.435 e. The standard InChI is InChI=1S/C13H16F3N5O2/c1-12(2,3)23-11(22)19-8(7-17)10(13(14,15)16)20-9-5-4-6-18-21-9/h4-7H,17H2,1-3H3,(H,19,22). The van der Waals surface area contributed by atoms with Crippen molar-refractivity contribution < 1.29 is 22.7 Å². The second-order valence-corrected chi connectivity index (χ2v) is 5.25. The van der Waals surface area contributed by atoms with Gasteiger partial charge in [-0.25, -0.2) is 9.79 Å². The number of aliphatic imine (C=N–C) groups is 1. The molecule has 1 aromatic rings. The summed E-state index contributed by atoms with van der Waals surface area (Å²) in [6, 6.07) is 2.59. The maximum atomic E-state index is 13.2. The van der Waals surface area contributed by atoms with Crippen LogP contribution in [0, 0.1) is 0 Å². The van der Waals surface area contributed by atoms with Crippen LogP contribution < -0.4 is 11.1 Å². The molecule has 0 saturated carbocycles. The fourth-order valence-electron chi connectivity index (χ4n) is 1.34. The molecule has 0 aliphatic heterocycles. The van der Waals surface area contributed by atoms with Crippen LogP contribution in [0.3, 0.4) is 0 Å². The van der Waals surface area contributed by atoms with E-state index < -0.39 is 29.3 Å². The van der Waals surface area contributed by atoms with E-state index in [1.54, 1.807) is 20.8 Å². The van der Waals surface area contributed by atoms with E-state index in [-0.39, 0.29) is 5.82 Å². The topological polar surface area (TPSA) is 102 Å². The molecule has 0 aromatic carbocycles. The first kappa shape index (κ1) is 18.4. The third-order valence-corrected chi connectivity index (χ3v) is 2.11. The number of alkyl carbamates (subject to hydrolysis) is 1. The van der Waals surface area contributed by atoms with E-state index in [1.165, 1.54) is 18.3 Å². The average Bonchev–Trinajstić information content (AvgIpc) is 2.40. The maximum Gasteiger partial charge on any atom is 0.435 e. The van der Waals surface area contributed by atoms with E-state index in [9.17, 15) is 18.0 Å². The Morgan fingerprint density at radius 2 is 2.04 bits per heavy atom. The van der Waals surface area contributed by atoms with Crippen molar-refractivity contribution in [3.8, 4) is 0 Å². The molecule has 0 atom stereocenters. The number of nitrogens with zero attached hydrogens (tertiary/aromatic N) is 3. The van der Waals surface area contributed by atoms with E-state index in [2.05, 4.69) is 15.2 Å². The molecule has 7 nitrogen and oxygen atoms in total. The summed E-state index contributed by atoms with van der Waals surface area (Å²) in [5, 5.41) is 8.79. The molecule has 0 spiro atoms. The number of nitrogens with two attached hydrogens (primary N) is 1. The highest BCUT2D eigenvalue weighted by molar-refractivity contribution is 6.06. The van der Waals surface area contributed by atoms with E-state index in [4.69, 9.17) is 10.5 Å². The van der Waals surface area contributed by atoms with Gasteiger partial charge >= 0.3 is 12.3 Å². The summed E-state index contributed by atoms with van der Waals surface area (Å²) >= 11 is 0. The fraction of sp³-hybridized carbons (Fsp3) is 0.385. The van der Waals surface area contributed by atoms with Gasteiger partial charge in [0.15, 0.2) is 11.5 Å². The third kappa shape index (κ3) is 6.32. The zero-order chi connectivity index (χ0) is 17.7. The van der Waals surface area contributed by atoms with Crippen LogP contribution in [0.2, 0.25) is 0 Å². The van der Waals surface area contributed by atoms with Crippen LogP contribution in [-0.2, 0) is 4.74 Å². The normalized spacial score (nSPS) is 13.7. The van der Waals surface area contributed by atoms with Gasteiger partial charge in [0.2, 0.25) is 0 Å². The lowest BCUT2D eigenvalue weighted by atomic mass is 10.2. The zero-order valence-electron chi connectivity index (χ0n) is 12.7. The van der Waals surface area contributed by atoms with Crippen LogP contribution in [0.4, 0.5) is 23.8 Å². The van der Waals surface area contributed by atoms with E-state index in [0.717, 1.165) is 0 Å². The molecule has 1 heterocycles. The van der Waals surface area contributed by atoms with Crippen LogP contribution in [0.25, 0.3) is 0 Å². The average molecular weight is 331 g/mol. The minimum absolute atomic E-state index is 0.287. The highest BCUT2D eigenvalue weighted by atomic mass is 19.4. The molecule has 1 amide bonds. The highest BCUT2D eigenvalue weighted by Crippen LogP contribution is 2.24. The van der Waals surface area contributed by atoms with Crippen molar-refractivity contribution in [2.24, 2.45) is 10.7 Å². The minimum atomic E-state index is -4.88. The van der Waals surface area contributed by atoms with Gasteiger partial charge in [-0.1, -0.05) is 0 Å². The summed E-state index contributed by atoms with van der Waals surface area (Å²) in [6.07, 6.45) is -4.11. The number of alkyl halides is 3. The first-order valence-corrected chi connectivity index (χ1v) is 6.39. The van der Waals surface area contributed by atoms with Crippen LogP contribution in [0.5, 0.6) is 0 Å². The van der Waals surface area contributed by atoms with Gasteiger partial charge in [0.25, 0.3) is 0 Å². The molecule has 0 bridgehead atoms. The van der Waals surface area contributed by atoms with Gasteiger partial charge < -0.3 is 10.5 Å². The Labute approximate surface area is 130 Å². The lowest BCUT2D eigenvalue weighted by Crippen LogP contribution is -2.38. The molecule has 126 valence electrons. The van der Waals surface area contributed by atoms with Crippen molar-refractivity contribution >= 4 is 17.6 Å². The lowest BCUT2D eigenvalue weighted by molar-refractivity contribution is -0.0584. The molecule has 23 heavy (non-hydrogen) atoms. The number of nitrogens with one attached hydrogen (secondary N) is 1. The van der Waals surface area contributed by atoms with Gasteiger partial charge in [0.1, 0.15) is 5.60 Å². The van der Waals surface area contributed by atoms with Gasteiger partial charge in [0.05, 0.1) is 5.70 Å². The second kappa shape index (κ2) is 7.07. The number of hydrogen-bond donors (Lipinski definition) is 2. The Morgan fingerprint density at radius 1 is 1.39 bits per heavy atom. The monoisotopic (exact) mass is 331 g/mol. The molecule has 0 fully saturated rings.